The Morgan fingerprint density at radius 2 is 1.57 bits per heavy atom. The minimum atomic E-state index is 0.738. The van der Waals surface area contributed by atoms with E-state index in [1.165, 1.54) is 64.2 Å². The number of hydrogen-bond donors (Lipinski definition) is 0. The number of benzene rings is 3. The standard InChI is InChI=1S/C27H31N/c1-4-6-11-21(5-2)19-28-26-14-8-7-13-24(26)25-16-15-23(18-27(25)28)22-12-9-10-20(3)17-22/h7-10,12-18,21H,4-6,11,19H2,1-3H3. The molecule has 0 N–H and O–H groups in total. The van der Waals surface area contributed by atoms with Crippen molar-refractivity contribution in [2.24, 2.45) is 5.92 Å². The van der Waals surface area contributed by atoms with Gasteiger partial charge < -0.3 is 4.57 Å². The topological polar surface area (TPSA) is 4.93 Å². The average Bonchev–Trinajstić information content (AvgIpc) is 3.04. The summed E-state index contributed by atoms with van der Waals surface area (Å²) in [5, 5.41) is 2.75. The Morgan fingerprint density at radius 1 is 0.786 bits per heavy atom. The summed E-state index contributed by atoms with van der Waals surface area (Å²) in [5.74, 6) is 0.738. The Hall–Kier alpha value is -2.54. The molecule has 144 valence electrons. The summed E-state index contributed by atoms with van der Waals surface area (Å²) in [7, 11) is 0. The molecule has 28 heavy (non-hydrogen) atoms. The summed E-state index contributed by atoms with van der Waals surface area (Å²) in [6, 6.07) is 24.7. The van der Waals surface area contributed by atoms with Crippen LogP contribution in [0.2, 0.25) is 0 Å². The molecule has 0 aliphatic rings. The second kappa shape index (κ2) is 8.22. The molecule has 4 rings (SSSR count). The third-order valence-electron chi connectivity index (χ3n) is 6.11. The highest BCUT2D eigenvalue weighted by molar-refractivity contribution is 6.09. The Balaban J connectivity index is 1.86. The van der Waals surface area contributed by atoms with Gasteiger partial charge in [0.25, 0.3) is 0 Å². The molecule has 0 fully saturated rings. The van der Waals surface area contributed by atoms with E-state index < -0.39 is 0 Å². The van der Waals surface area contributed by atoms with E-state index in [0.29, 0.717) is 0 Å². The molecule has 0 spiro atoms. The first kappa shape index (κ1) is 18.8. The Kier molecular flexibility index (Phi) is 5.52. The first-order valence-electron chi connectivity index (χ1n) is 10.8. The minimum absolute atomic E-state index is 0.738. The van der Waals surface area contributed by atoms with Crippen molar-refractivity contribution in [3.8, 4) is 11.1 Å². The van der Waals surface area contributed by atoms with Crippen LogP contribution in [0.5, 0.6) is 0 Å². The molecular formula is C27H31N. The van der Waals surface area contributed by atoms with Crippen molar-refractivity contribution in [1.29, 1.82) is 0 Å². The van der Waals surface area contributed by atoms with Gasteiger partial charge in [-0.2, -0.15) is 0 Å². The smallest absolute Gasteiger partial charge is 0.0497 e. The molecule has 3 aromatic carbocycles. The van der Waals surface area contributed by atoms with Crippen LogP contribution in [0.15, 0.2) is 66.7 Å². The molecule has 0 amide bonds. The van der Waals surface area contributed by atoms with Crippen LogP contribution in [0.25, 0.3) is 32.9 Å². The number of fused-ring (bicyclic) bond motifs is 3. The van der Waals surface area contributed by atoms with E-state index in [1.807, 2.05) is 0 Å². The first-order chi connectivity index (χ1) is 13.7. The van der Waals surface area contributed by atoms with E-state index in [0.717, 1.165) is 12.5 Å². The van der Waals surface area contributed by atoms with Gasteiger partial charge in [0.1, 0.15) is 0 Å². The number of nitrogens with zero attached hydrogens (tertiary/aromatic N) is 1. The maximum atomic E-state index is 2.58. The second-order valence-corrected chi connectivity index (χ2v) is 8.15. The van der Waals surface area contributed by atoms with Gasteiger partial charge >= 0.3 is 0 Å². The van der Waals surface area contributed by atoms with Crippen molar-refractivity contribution in [3.05, 3.63) is 72.3 Å². The lowest BCUT2D eigenvalue weighted by Gasteiger charge is -2.17. The van der Waals surface area contributed by atoms with Gasteiger partial charge in [0.05, 0.1) is 0 Å². The van der Waals surface area contributed by atoms with Crippen LogP contribution in [0.3, 0.4) is 0 Å². The highest BCUT2D eigenvalue weighted by Gasteiger charge is 2.15. The third kappa shape index (κ3) is 3.58. The van der Waals surface area contributed by atoms with Crippen LogP contribution in [-0.2, 0) is 6.54 Å². The SMILES string of the molecule is CCCCC(CC)Cn1c2ccccc2c2ccc(-c3cccc(C)c3)cc21. The van der Waals surface area contributed by atoms with Crippen molar-refractivity contribution in [2.45, 2.75) is 53.0 Å². The summed E-state index contributed by atoms with van der Waals surface area (Å²) in [4.78, 5) is 0. The van der Waals surface area contributed by atoms with Gasteiger partial charge in [-0.15, -0.1) is 0 Å². The van der Waals surface area contributed by atoms with E-state index in [1.54, 1.807) is 0 Å². The summed E-state index contributed by atoms with van der Waals surface area (Å²) in [6.45, 7) is 7.91. The van der Waals surface area contributed by atoms with E-state index >= 15 is 0 Å². The number of hydrogen-bond acceptors (Lipinski definition) is 0. The third-order valence-corrected chi connectivity index (χ3v) is 6.11. The largest absolute Gasteiger partial charge is 0.340 e. The Bertz CT molecular complexity index is 1090. The molecule has 0 aliphatic carbocycles. The lowest BCUT2D eigenvalue weighted by molar-refractivity contribution is 0.401. The number of aryl methyl sites for hydroxylation is 1. The molecule has 4 aromatic rings. The number of aromatic nitrogens is 1. The zero-order chi connectivity index (χ0) is 19.5. The highest BCUT2D eigenvalue weighted by atomic mass is 15.0. The predicted molar refractivity (Wildman–Crippen MR) is 123 cm³/mol. The van der Waals surface area contributed by atoms with Gasteiger partial charge in [-0.3, -0.25) is 0 Å². The molecule has 1 aromatic heterocycles. The van der Waals surface area contributed by atoms with Crippen molar-refractivity contribution in [1.82, 2.24) is 4.57 Å². The molecule has 1 atom stereocenters. The number of unbranched alkanes of at least 4 members (excludes halogenated alkanes) is 1. The second-order valence-electron chi connectivity index (χ2n) is 8.15. The van der Waals surface area contributed by atoms with E-state index in [-0.39, 0.29) is 0 Å². The molecule has 1 nitrogen and oxygen atoms in total. The van der Waals surface area contributed by atoms with Crippen molar-refractivity contribution < 1.29 is 0 Å². The molecule has 0 bridgehead atoms. The van der Waals surface area contributed by atoms with Crippen molar-refractivity contribution in [2.75, 3.05) is 0 Å². The van der Waals surface area contributed by atoms with Crippen LogP contribution in [0.1, 0.15) is 45.1 Å². The van der Waals surface area contributed by atoms with Crippen LogP contribution in [0, 0.1) is 12.8 Å². The molecule has 0 radical (unpaired) electrons. The highest BCUT2D eigenvalue weighted by Crippen LogP contribution is 2.34. The van der Waals surface area contributed by atoms with Gasteiger partial charge in [-0.1, -0.05) is 93.3 Å². The van der Waals surface area contributed by atoms with Gasteiger partial charge in [-0.25, -0.2) is 0 Å². The van der Waals surface area contributed by atoms with E-state index in [4.69, 9.17) is 0 Å². The summed E-state index contributed by atoms with van der Waals surface area (Å²) in [5.41, 5.74) is 6.66. The lowest BCUT2D eigenvalue weighted by Crippen LogP contribution is -2.10. The Labute approximate surface area is 169 Å². The monoisotopic (exact) mass is 369 g/mol. The van der Waals surface area contributed by atoms with Gasteiger partial charge in [0, 0.05) is 28.4 Å². The molecule has 1 unspecified atom stereocenters. The molecule has 0 aliphatic heterocycles. The molecule has 1 heteroatoms. The van der Waals surface area contributed by atoms with Crippen LogP contribution in [-0.4, -0.2) is 4.57 Å². The van der Waals surface area contributed by atoms with Crippen LogP contribution in [0.4, 0.5) is 0 Å². The maximum absolute atomic E-state index is 2.58. The lowest BCUT2D eigenvalue weighted by atomic mass is 9.99. The summed E-state index contributed by atoms with van der Waals surface area (Å²) < 4.78 is 2.58. The first-order valence-corrected chi connectivity index (χ1v) is 10.8. The predicted octanol–water partition coefficient (Wildman–Crippen LogP) is 7.99. The summed E-state index contributed by atoms with van der Waals surface area (Å²) in [6.07, 6.45) is 5.16. The number of rotatable bonds is 7. The number of para-hydroxylation sites is 1. The molecular weight excluding hydrogens is 338 g/mol. The fraction of sp³-hybridized carbons (Fsp3) is 0.333. The van der Waals surface area contributed by atoms with Crippen molar-refractivity contribution >= 4 is 21.8 Å². The van der Waals surface area contributed by atoms with Crippen molar-refractivity contribution in [3.63, 3.8) is 0 Å². The van der Waals surface area contributed by atoms with E-state index in [2.05, 4.69) is 92.1 Å². The quantitative estimate of drug-likeness (QED) is 0.311. The zero-order valence-electron chi connectivity index (χ0n) is 17.4. The minimum Gasteiger partial charge on any atom is -0.340 e. The zero-order valence-corrected chi connectivity index (χ0v) is 17.4. The Morgan fingerprint density at radius 3 is 2.36 bits per heavy atom. The van der Waals surface area contributed by atoms with Crippen LogP contribution < -0.4 is 0 Å². The summed E-state index contributed by atoms with van der Waals surface area (Å²) >= 11 is 0. The fourth-order valence-electron chi connectivity index (χ4n) is 4.43. The fourth-order valence-corrected chi connectivity index (χ4v) is 4.43. The molecule has 1 heterocycles. The van der Waals surface area contributed by atoms with Gasteiger partial charge in [-0.05, 0) is 42.5 Å². The molecule has 0 saturated heterocycles. The van der Waals surface area contributed by atoms with E-state index in [9.17, 15) is 0 Å². The van der Waals surface area contributed by atoms with Gasteiger partial charge in [0.2, 0.25) is 0 Å². The molecule has 0 saturated carbocycles. The normalized spacial score (nSPS) is 12.7. The van der Waals surface area contributed by atoms with Gasteiger partial charge in [0.15, 0.2) is 0 Å². The van der Waals surface area contributed by atoms with Crippen LogP contribution >= 0.6 is 0 Å². The average molecular weight is 370 g/mol. The maximum Gasteiger partial charge on any atom is 0.0497 e.